The zero-order chi connectivity index (χ0) is 20.3. The molecule has 0 spiro atoms. The molecule has 1 amide bonds. The zero-order valence-corrected chi connectivity index (χ0v) is 17.4. The Hall–Kier alpha value is -2.92. The molecule has 5 heteroatoms. The molecule has 0 aliphatic rings. The van der Waals surface area contributed by atoms with Crippen molar-refractivity contribution in [2.75, 3.05) is 19.4 Å². The summed E-state index contributed by atoms with van der Waals surface area (Å²) in [7, 11) is 3.76. The molecule has 0 aliphatic heterocycles. The summed E-state index contributed by atoms with van der Waals surface area (Å²) in [6.07, 6.45) is 0. The highest BCUT2D eigenvalue weighted by molar-refractivity contribution is 7.80. The molecule has 0 unspecified atom stereocenters. The van der Waals surface area contributed by atoms with Crippen LogP contribution in [0.4, 0.5) is 5.69 Å². The lowest BCUT2D eigenvalue weighted by Gasteiger charge is -2.19. The number of hydrogen-bond acceptors (Lipinski definition) is 2. The number of carbonyl (C=O) groups is 1. The van der Waals surface area contributed by atoms with E-state index in [9.17, 15) is 4.79 Å². The highest BCUT2D eigenvalue weighted by Crippen LogP contribution is 2.25. The highest BCUT2D eigenvalue weighted by atomic mass is 32.1. The van der Waals surface area contributed by atoms with Crippen LogP contribution in [0.15, 0.2) is 60.7 Å². The summed E-state index contributed by atoms with van der Waals surface area (Å²) in [5.74, 6) is -0.0997. The van der Waals surface area contributed by atoms with Crippen LogP contribution in [-0.4, -0.2) is 30.0 Å². The van der Waals surface area contributed by atoms with E-state index in [1.165, 1.54) is 5.39 Å². The van der Waals surface area contributed by atoms with Crippen molar-refractivity contribution in [1.29, 1.82) is 0 Å². The van der Waals surface area contributed by atoms with E-state index in [-0.39, 0.29) is 11.9 Å². The first-order valence-corrected chi connectivity index (χ1v) is 9.65. The van der Waals surface area contributed by atoms with E-state index >= 15 is 0 Å². The van der Waals surface area contributed by atoms with Gasteiger partial charge < -0.3 is 15.5 Å². The average Bonchev–Trinajstić information content (AvgIpc) is 2.68. The fourth-order valence-corrected chi connectivity index (χ4v) is 3.28. The minimum Gasteiger partial charge on any atom is -0.355 e. The second-order valence-electron chi connectivity index (χ2n) is 7.12. The summed E-state index contributed by atoms with van der Waals surface area (Å²) in [5.41, 5.74) is 3.46. The number of benzene rings is 3. The monoisotopic (exact) mass is 391 g/mol. The van der Waals surface area contributed by atoms with Gasteiger partial charge in [0.05, 0.1) is 6.04 Å². The Morgan fingerprint density at radius 2 is 1.75 bits per heavy atom. The van der Waals surface area contributed by atoms with E-state index in [2.05, 4.69) is 34.9 Å². The Bertz CT molecular complexity index is 1020. The summed E-state index contributed by atoms with van der Waals surface area (Å²) in [6, 6.07) is 20.0. The summed E-state index contributed by atoms with van der Waals surface area (Å²) in [6.45, 7) is 3.95. The molecule has 2 N–H and O–H groups in total. The lowest BCUT2D eigenvalue weighted by Crippen LogP contribution is -2.29. The fourth-order valence-electron chi connectivity index (χ4n) is 3.16. The molecule has 3 aromatic carbocycles. The van der Waals surface area contributed by atoms with E-state index in [1.807, 2.05) is 69.2 Å². The molecular weight excluding hydrogens is 366 g/mol. The van der Waals surface area contributed by atoms with Crippen LogP contribution in [0.3, 0.4) is 0 Å². The van der Waals surface area contributed by atoms with Crippen LogP contribution in [0.2, 0.25) is 0 Å². The third kappa shape index (κ3) is 4.31. The van der Waals surface area contributed by atoms with Crippen molar-refractivity contribution in [2.24, 2.45) is 0 Å². The van der Waals surface area contributed by atoms with Crippen molar-refractivity contribution in [2.45, 2.75) is 19.9 Å². The van der Waals surface area contributed by atoms with Gasteiger partial charge in [0, 0.05) is 25.3 Å². The molecule has 3 aromatic rings. The zero-order valence-electron chi connectivity index (χ0n) is 16.6. The van der Waals surface area contributed by atoms with Crippen molar-refractivity contribution in [1.82, 2.24) is 10.2 Å². The minimum absolute atomic E-state index is 0.0997. The second-order valence-corrected chi connectivity index (χ2v) is 7.50. The summed E-state index contributed by atoms with van der Waals surface area (Å²) >= 11 is 5.29. The molecule has 0 aromatic heterocycles. The quantitative estimate of drug-likeness (QED) is 0.621. The van der Waals surface area contributed by atoms with Crippen LogP contribution in [-0.2, 0) is 0 Å². The summed E-state index contributed by atoms with van der Waals surface area (Å²) in [5, 5.41) is 9.21. The van der Waals surface area contributed by atoms with Gasteiger partial charge >= 0.3 is 0 Å². The molecule has 28 heavy (non-hydrogen) atoms. The first-order valence-electron chi connectivity index (χ1n) is 9.24. The number of rotatable bonds is 4. The molecule has 0 bridgehead atoms. The van der Waals surface area contributed by atoms with Gasteiger partial charge in [-0.3, -0.25) is 4.79 Å². The number of anilines is 1. The van der Waals surface area contributed by atoms with Crippen molar-refractivity contribution < 1.29 is 4.79 Å². The molecule has 0 aliphatic carbocycles. The highest BCUT2D eigenvalue weighted by Gasteiger charge is 2.16. The number of aryl methyl sites for hydroxylation is 1. The van der Waals surface area contributed by atoms with Gasteiger partial charge in [0.2, 0.25) is 0 Å². The summed E-state index contributed by atoms with van der Waals surface area (Å²) < 4.78 is 0. The lowest BCUT2D eigenvalue weighted by molar-refractivity contribution is 0.0939. The molecule has 0 radical (unpaired) electrons. The molecule has 3 rings (SSSR count). The third-order valence-electron chi connectivity index (χ3n) is 4.78. The van der Waals surface area contributed by atoms with Crippen LogP contribution in [0.1, 0.15) is 34.5 Å². The molecule has 144 valence electrons. The SMILES string of the molecule is Cc1ccc(NC(=S)N(C)C)cc1C(=O)N[C@H](C)c1cccc2ccccc12. The first kappa shape index (κ1) is 19.8. The van der Waals surface area contributed by atoms with Gasteiger partial charge in [-0.25, -0.2) is 0 Å². The molecule has 4 nitrogen and oxygen atoms in total. The van der Waals surface area contributed by atoms with Gasteiger partial charge in [-0.2, -0.15) is 0 Å². The Morgan fingerprint density at radius 3 is 2.50 bits per heavy atom. The fraction of sp³-hybridized carbons (Fsp3) is 0.217. The molecule has 0 fully saturated rings. The number of hydrogen-bond donors (Lipinski definition) is 2. The van der Waals surface area contributed by atoms with Crippen LogP contribution in [0, 0.1) is 6.92 Å². The third-order valence-corrected chi connectivity index (χ3v) is 5.24. The average molecular weight is 392 g/mol. The maximum absolute atomic E-state index is 13.0. The van der Waals surface area contributed by atoms with Gasteiger partial charge in [-0.1, -0.05) is 48.5 Å². The van der Waals surface area contributed by atoms with E-state index in [0.29, 0.717) is 10.7 Å². The molecule has 0 heterocycles. The number of nitrogens with zero attached hydrogens (tertiary/aromatic N) is 1. The second kappa shape index (κ2) is 8.40. The van der Waals surface area contributed by atoms with E-state index in [4.69, 9.17) is 12.2 Å². The lowest BCUT2D eigenvalue weighted by atomic mass is 9.99. The van der Waals surface area contributed by atoms with Crippen molar-refractivity contribution >= 4 is 39.7 Å². The van der Waals surface area contributed by atoms with Crippen LogP contribution in [0.5, 0.6) is 0 Å². The maximum atomic E-state index is 13.0. The predicted octanol–water partition coefficient (Wildman–Crippen LogP) is 4.90. The molecule has 1 atom stereocenters. The largest absolute Gasteiger partial charge is 0.355 e. The normalized spacial score (nSPS) is 11.7. The predicted molar refractivity (Wildman–Crippen MR) is 121 cm³/mol. The molecular formula is C23H25N3OS. The Balaban J connectivity index is 1.83. The number of fused-ring (bicyclic) bond motifs is 1. The van der Waals surface area contributed by atoms with E-state index in [1.54, 1.807) is 0 Å². The molecule has 0 saturated carbocycles. The maximum Gasteiger partial charge on any atom is 0.252 e. The minimum atomic E-state index is -0.113. The Kier molecular flexibility index (Phi) is 5.95. The number of carbonyl (C=O) groups excluding carboxylic acids is 1. The Morgan fingerprint density at radius 1 is 1.04 bits per heavy atom. The van der Waals surface area contributed by atoms with Crippen molar-refractivity contribution in [3.63, 3.8) is 0 Å². The van der Waals surface area contributed by atoms with E-state index < -0.39 is 0 Å². The standard InChI is InChI=1S/C23H25N3OS/c1-15-12-13-18(25-23(28)26(3)4)14-21(15)22(27)24-16(2)19-11-7-9-17-8-5-6-10-20(17)19/h5-14,16H,1-4H3,(H,24,27)(H,25,28)/t16-/m1/s1. The van der Waals surface area contributed by atoms with Crippen LogP contribution < -0.4 is 10.6 Å². The van der Waals surface area contributed by atoms with Crippen molar-refractivity contribution in [3.8, 4) is 0 Å². The number of nitrogens with one attached hydrogen (secondary N) is 2. The van der Waals surface area contributed by atoms with E-state index in [0.717, 1.165) is 22.2 Å². The van der Waals surface area contributed by atoms with Crippen molar-refractivity contribution in [3.05, 3.63) is 77.4 Å². The van der Waals surface area contributed by atoms with Gasteiger partial charge in [0.15, 0.2) is 5.11 Å². The summed E-state index contributed by atoms with van der Waals surface area (Å²) in [4.78, 5) is 14.8. The number of thiocarbonyl (C=S) groups is 1. The smallest absolute Gasteiger partial charge is 0.252 e. The Labute approximate surface area is 171 Å². The number of amides is 1. The van der Waals surface area contributed by atoms with Gasteiger partial charge in [-0.15, -0.1) is 0 Å². The van der Waals surface area contributed by atoms with Crippen LogP contribution >= 0.6 is 12.2 Å². The topological polar surface area (TPSA) is 44.4 Å². The van der Waals surface area contributed by atoms with Gasteiger partial charge in [0.25, 0.3) is 5.91 Å². The van der Waals surface area contributed by atoms with Crippen LogP contribution in [0.25, 0.3) is 10.8 Å². The van der Waals surface area contributed by atoms with Gasteiger partial charge in [0.1, 0.15) is 0 Å². The first-order chi connectivity index (χ1) is 13.4. The molecule has 0 saturated heterocycles. The van der Waals surface area contributed by atoms with Gasteiger partial charge in [-0.05, 0) is 60.1 Å².